The summed E-state index contributed by atoms with van der Waals surface area (Å²) in [6, 6.07) is 17.6. The third kappa shape index (κ3) is 3.84. The molecule has 28 heavy (non-hydrogen) atoms. The topological polar surface area (TPSA) is 59.2 Å². The highest BCUT2D eigenvalue weighted by Gasteiger charge is 2.34. The molecule has 144 valence electrons. The lowest BCUT2D eigenvalue weighted by molar-refractivity contribution is 0.0710. The number of unbranched alkanes of at least 4 members (excludes halogenated alkanes) is 1. The third-order valence-electron chi connectivity index (χ3n) is 5.29. The number of carbonyl (C=O) groups is 1. The van der Waals surface area contributed by atoms with Crippen molar-refractivity contribution in [2.75, 3.05) is 6.54 Å². The summed E-state index contributed by atoms with van der Waals surface area (Å²) in [6.07, 6.45) is 5.18. The molecule has 1 aromatic heterocycles. The molecule has 5 heteroatoms. The molecule has 0 unspecified atom stereocenters. The van der Waals surface area contributed by atoms with E-state index in [-0.39, 0.29) is 11.9 Å². The number of likely N-dealkylation sites (tertiary alicyclic amines) is 1. The fourth-order valence-electron chi connectivity index (χ4n) is 3.70. The van der Waals surface area contributed by atoms with E-state index in [0.717, 1.165) is 30.4 Å². The predicted octanol–water partition coefficient (Wildman–Crippen LogP) is 5.06. The lowest BCUT2D eigenvalue weighted by Gasteiger charge is -2.22. The molecule has 3 aromatic rings. The Morgan fingerprint density at radius 1 is 1.14 bits per heavy atom. The number of aromatic nitrogens is 2. The normalized spacial score (nSPS) is 16.5. The largest absolute Gasteiger partial charge is 0.337 e. The van der Waals surface area contributed by atoms with Gasteiger partial charge in [-0.05, 0) is 43.4 Å². The van der Waals surface area contributed by atoms with Crippen LogP contribution >= 0.6 is 0 Å². The average Bonchev–Trinajstić information content (AvgIpc) is 3.42. The van der Waals surface area contributed by atoms with Gasteiger partial charge in [-0.25, -0.2) is 0 Å². The zero-order chi connectivity index (χ0) is 19.3. The molecule has 5 nitrogen and oxygen atoms in total. The first kappa shape index (κ1) is 18.4. The maximum absolute atomic E-state index is 13.1. The minimum Gasteiger partial charge on any atom is -0.337 e. The van der Waals surface area contributed by atoms with Gasteiger partial charge in [-0.15, -0.1) is 0 Å². The molecular weight excluding hydrogens is 350 g/mol. The van der Waals surface area contributed by atoms with Crippen molar-refractivity contribution in [1.29, 1.82) is 0 Å². The molecule has 0 bridgehead atoms. The Hall–Kier alpha value is -2.95. The van der Waals surface area contributed by atoms with E-state index in [2.05, 4.69) is 29.2 Å². The van der Waals surface area contributed by atoms with Crippen LogP contribution in [0, 0.1) is 0 Å². The summed E-state index contributed by atoms with van der Waals surface area (Å²) < 4.78 is 5.53. The van der Waals surface area contributed by atoms with Crippen molar-refractivity contribution in [2.24, 2.45) is 0 Å². The molecule has 1 fully saturated rings. The lowest BCUT2D eigenvalue weighted by atomic mass is 10.1. The lowest BCUT2D eigenvalue weighted by Crippen LogP contribution is -2.30. The Kier molecular flexibility index (Phi) is 5.51. The second-order valence-corrected chi connectivity index (χ2v) is 7.28. The van der Waals surface area contributed by atoms with Gasteiger partial charge >= 0.3 is 0 Å². The summed E-state index contributed by atoms with van der Waals surface area (Å²) in [5.74, 6) is 1.11. The molecule has 1 saturated heterocycles. The number of hydrogen-bond donors (Lipinski definition) is 0. The third-order valence-corrected chi connectivity index (χ3v) is 5.29. The van der Waals surface area contributed by atoms with E-state index in [1.165, 1.54) is 18.4 Å². The summed E-state index contributed by atoms with van der Waals surface area (Å²) in [5, 5.41) is 4.11. The first-order chi connectivity index (χ1) is 13.8. The highest BCUT2D eigenvalue weighted by atomic mass is 16.5. The van der Waals surface area contributed by atoms with Crippen LogP contribution in [0.15, 0.2) is 59.1 Å². The van der Waals surface area contributed by atoms with Gasteiger partial charge in [-0.2, -0.15) is 4.98 Å². The number of benzene rings is 2. The molecule has 4 rings (SSSR count). The molecule has 0 aliphatic carbocycles. The number of carbonyl (C=O) groups excluding carboxylic acids is 1. The van der Waals surface area contributed by atoms with E-state index in [1.54, 1.807) is 0 Å². The van der Waals surface area contributed by atoms with Crippen LogP contribution in [0.2, 0.25) is 0 Å². The monoisotopic (exact) mass is 375 g/mol. The van der Waals surface area contributed by atoms with Crippen molar-refractivity contribution < 1.29 is 9.32 Å². The maximum atomic E-state index is 13.1. The van der Waals surface area contributed by atoms with Gasteiger partial charge in [0.05, 0.1) is 0 Å². The average molecular weight is 375 g/mol. The van der Waals surface area contributed by atoms with Crippen LogP contribution in [0.25, 0.3) is 11.4 Å². The smallest absolute Gasteiger partial charge is 0.254 e. The van der Waals surface area contributed by atoms with Crippen LogP contribution in [0.3, 0.4) is 0 Å². The minimum atomic E-state index is -0.155. The SMILES string of the molecule is CCCCc1ccc(C(=O)N2CCC[C@H]2c2nc(-c3ccccc3)no2)cc1. The van der Waals surface area contributed by atoms with E-state index in [9.17, 15) is 4.79 Å². The molecule has 1 aliphatic heterocycles. The van der Waals surface area contributed by atoms with Crippen LogP contribution in [0.4, 0.5) is 0 Å². The second kappa shape index (κ2) is 8.38. The van der Waals surface area contributed by atoms with Gasteiger partial charge in [0.25, 0.3) is 5.91 Å². The van der Waals surface area contributed by atoms with Crippen LogP contribution in [-0.4, -0.2) is 27.5 Å². The van der Waals surface area contributed by atoms with E-state index in [1.807, 2.05) is 47.4 Å². The number of amides is 1. The summed E-state index contributed by atoms with van der Waals surface area (Å²) >= 11 is 0. The van der Waals surface area contributed by atoms with Crippen LogP contribution < -0.4 is 0 Å². The molecular formula is C23H25N3O2. The van der Waals surface area contributed by atoms with Gasteiger partial charge in [0.15, 0.2) is 0 Å². The first-order valence-electron chi connectivity index (χ1n) is 10.0. The Bertz CT molecular complexity index is 919. The molecule has 2 aromatic carbocycles. The Morgan fingerprint density at radius 3 is 2.68 bits per heavy atom. The number of nitrogens with zero attached hydrogens (tertiary/aromatic N) is 3. The zero-order valence-electron chi connectivity index (χ0n) is 16.2. The number of hydrogen-bond acceptors (Lipinski definition) is 4. The van der Waals surface area contributed by atoms with E-state index < -0.39 is 0 Å². The Balaban J connectivity index is 1.50. The quantitative estimate of drug-likeness (QED) is 0.604. The van der Waals surface area contributed by atoms with Gasteiger partial charge < -0.3 is 9.42 Å². The number of rotatable bonds is 6. The molecule has 0 radical (unpaired) electrons. The van der Waals surface area contributed by atoms with Crippen molar-refractivity contribution in [1.82, 2.24) is 15.0 Å². The van der Waals surface area contributed by atoms with Crippen LogP contribution in [0.1, 0.15) is 60.5 Å². The van der Waals surface area contributed by atoms with Gasteiger partial charge in [0.2, 0.25) is 11.7 Å². The fourth-order valence-corrected chi connectivity index (χ4v) is 3.70. The summed E-state index contributed by atoms with van der Waals surface area (Å²) in [5.41, 5.74) is 2.91. The predicted molar refractivity (Wildman–Crippen MR) is 108 cm³/mol. The Morgan fingerprint density at radius 2 is 1.93 bits per heavy atom. The molecule has 0 N–H and O–H groups in total. The van der Waals surface area contributed by atoms with Crippen LogP contribution in [0.5, 0.6) is 0 Å². The fraction of sp³-hybridized carbons (Fsp3) is 0.348. The molecule has 2 heterocycles. The van der Waals surface area contributed by atoms with Crippen molar-refractivity contribution in [3.63, 3.8) is 0 Å². The highest BCUT2D eigenvalue weighted by molar-refractivity contribution is 5.94. The maximum Gasteiger partial charge on any atom is 0.254 e. The van der Waals surface area contributed by atoms with E-state index in [4.69, 9.17) is 4.52 Å². The van der Waals surface area contributed by atoms with Gasteiger partial charge in [-0.1, -0.05) is 61.0 Å². The molecule has 1 aliphatic rings. The minimum absolute atomic E-state index is 0.0315. The molecule has 0 saturated carbocycles. The standard InChI is InChI=1S/C23H25N3O2/c1-2-3-8-17-12-14-19(15-13-17)23(27)26-16-7-11-20(26)22-24-21(25-28-22)18-9-5-4-6-10-18/h4-6,9-10,12-15,20H,2-3,7-8,11,16H2,1H3/t20-/m0/s1. The van der Waals surface area contributed by atoms with E-state index in [0.29, 0.717) is 18.3 Å². The first-order valence-corrected chi connectivity index (χ1v) is 10.0. The van der Waals surface area contributed by atoms with Gasteiger partial charge in [0, 0.05) is 17.7 Å². The van der Waals surface area contributed by atoms with Gasteiger partial charge in [-0.3, -0.25) is 4.79 Å². The van der Waals surface area contributed by atoms with Crippen molar-refractivity contribution in [3.05, 3.63) is 71.6 Å². The van der Waals surface area contributed by atoms with Crippen molar-refractivity contribution >= 4 is 5.91 Å². The number of aryl methyl sites for hydroxylation is 1. The Labute approximate surface area is 165 Å². The molecule has 1 amide bonds. The van der Waals surface area contributed by atoms with Crippen molar-refractivity contribution in [2.45, 2.75) is 45.1 Å². The summed E-state index contributed by atoms with van der Waals surface area (Å²) in [6.45, 7) is 2.90. The van der Waals surface area contributed by atoms with Crippen molar-refractivity contribution in [3.8, 4) is 11.4 Å². The van der Waals surface area contributed by atoms with Crippen LogP contribution in [-0.2, 0) is 6.42 Å². The summed E-state index contributed by atoms with van der Waals surface area (Å²) in [7, 11) is 0. The summed E-state index contributed by atoms with van der Waals surface area (Å²) in [4.78, 5) is 19.5. The van der Waals surface area contributed by atoms with E-state index >= 15 is 0 Å². The highest BCUT2D eigenvalue weighted by Crippen LogP contribution is 2.33. The van der Waals surface area contributed by atoms with Gasteiger partial charge in [0.1, 0.15) is 6.04 Å². The molecule has 0 spiro atoms. The second-order valence-electron chi connectivity index (χ2n) is 7.28. The zero-order valence-corrected chi connectivity index (χ0v) is 16.2. The molecule has 1 atom stereocenters.